The Bertz CT molecular complexity index is 1030. The summed E-state index contributed by atoms with van der Waals surface area (Å²) in [4.78, 5) is 34.6. The highest BCUT2D eigenvalue weighted by Gasteiger charge is 2.12. The molecule has 2 amide bonds. The predicted octanol–water partition coefficient (Wildman–Crippen LogP) is 4.24. The van der Waals surface area contributed by atoms with Crippen LogP contribution in [-0.4, -0.2) is 16.7 Å². The van der Waals surface area contributed by atoms with Gasteiger partial charge in [0.25, 0.3) is 17.5 Å². The van der Waals surface area contributed by atoms with E-state index in [1.807, 2.05) is 0 Å². The van der Waals surface area contributed by atoms with E-state index in [1.165, 1.54) is 48.5 Å². The molecule has 0 atom stereocenters. The molecule has 0 aliphatic carbocycles. The van der Waals surface area contributed by atoms with E-state index in [-0.39, 0.29) is 11.3 Å². The van der Waals surface area contributed by atoms with Crippen molar-refractivity contribution in [3.63, 3.8) is 0 Å². The molecule has 0 saturated heterocycles. The average Bonchev–Trinajstić information content (AvgIpc) is 2.70. The van der Waals surface area contributed by atoms with Crippen molar-refractivity contribution in [2.45, 2.75) is 0 Å². The van der Waals surface area contributed by atoms with Crippen LogP contribution >= 0.6 is 0 Å². The van der Waals surface area contributed by atoms with Crippen molar-refractivity contribution in [3.8, 4) is 0 Å². The Morgan fingerprint density at radius 1 is 0.786 bits per heavy atom. The van der Waals surface area contributed by atoms with Gasteiger partial charge in [-0.3, -0.25) is 19.7 Å². The number of nitrogens with one attached hydrogen (secondary N) is 2. The number of benzene rings is 3. The number of anilines is 2. The smallest absolute Gasteiger partial charge is 0.270 e. The molecular formula is C20H14FN3O4. The third kappa shape index (κ3) is 4.55. The number of rotatable bonds is 5. The highest BCUT2D eigenvalue weighted by molar-refractivity contribution is 6.06. The number of halogens is 1. The molecular weight excluding hydrogens is 365 g/mol. The molecule has 0 unspecified atom stereocenters. The average molecular weight is 379 g/mol. The van der Waals surface area contributed by atoms with Crippen molar-refractivity contribution in [1.82, 2.24) is 0 Å². The molecule has 0 radical (unpaired) electrons. The van der Waals surface area contributed by atoms with Crippen LogP contribution in [0.5, 0.6) is 0 Å². The second kappa shape index (κ2) is 8.09. The number of hydrogen-bond acceptors (Lipinski definition) is 4. The molecule has 3 rings (SSSR count). The normalized spacial score (nSPS) is 10.2. The number of carbonyl (C=O) groups excluding carboxylic acids is 2. The van der Waals surface area contributed by atoms with Crippen LogP contribution in [0.3, 0.4) is 0 Å². The number of non-ortho nitro benzene ring substituents is 1. The Morgan fingerprint density at radius 3 is 1.86 bits per heavy atom. The summed E-state index contributed by atoms with van der Waals surface area (Å²) in [6.45, 7) is 0. The van der Waals surface area contributed by atoms with Crippen molar-refractivity contribution in [3.05, 3.63) is 99.9 Å². The fourth-order valence-corrected chi connectivity index (χ4v) is 2.41. The minimum Gasteiger partial charge on any atom is -0.322 e. The number of hydrogen-bond donors (Lipinski definition) is 2. The van der Waals surface area contributed by atoms with E-state index in [9.17, 15) is 24.1 Å². The Morgan fingerprint density at radius 2 is 1.32 bits per heavy atom. The summed E-state index contributed by atoms with van der Waals surface area (Å²) in [5.74, 6) is -1.32. The molecule has 3 aromatic carbocycles. The lowest BCUT2D eigenvalue weighted by molar-refractivity contribution is -0.384. The molecule has 7 nitrogen and oxygen atoms in total. The molecule has 140 valence electrons. The SMILES string of the molecule is O=C(Nc1ccc(NC(=O)c2cccc([N+](=O)[O-])c2)cc1)c1ccc(F)cc1. The summed E-state index contributed by atoms with van der Waals surface area (Å²) in [6.07, 6.45) is 0. The van der Waals surface area contributed by atoms with Gasteiger partial charge in [-0.1, -0.05) is 6.07 Å². The lowest BCUT2D eigenvalue weighted by Gasteiger charge is -2.08. The zero-order chi connectivity index (χ0) is 20.1. The second-order valence-corrected chi connectivity index (χ2v) is 5.80. The second-order valence-electron chi connectivity index (χ2n) is 5.80. The quantitative estimate of drug-likeness (QED) is 0.511. The van der Waals surface area contributed by atoms with Gasteiger partial charge >= 0.3 is 0 Å². The molecule has 0 aliphatic heterocycles. The molecule has 0 bridgehead atoms. The summed E-state index contributed by atoms with van der Waals surface area (Å²) >= 11 is 0. The third-order valence-corrected chi connectivity index (χ3v) is 3.83. The lowest BCUT2D eigenvalue weighted by Crippen LogP contribution is -2.13. The fraction of sp³-hybridized carbons (Fsp3) is 0. The van der Waals surface area contributed by atoms with E-state index in [2.05, 4.69) is 10.6 Å². The number of amides is 2. The topological polar surface area (TPSA) is 101 Å². The van der Waals surface area contributed by atoms with Crippen LogP contribution in [0.25, 0.3) is 0 Å². The van der Waals surface area contributed by atoms with E-state index in [0.29, 0.717) is 16.9 Å². The van der Waals surface area contributed by atoms with Gasteiger partial charge in [0, 0.05) is 34.6 Å². The Kier molecular flexibility index (Phi) is 5.40. The van der Waals surface area contributed by atoms with Gasteiger partial charge in [0.15, 0.2) is 0 Å². The van der Waals surface area contributed by atoms with Gasteiger partial charge in [0.1, 0.15) is 5.82 Å². The first-order chi connectivity index (χ1) is 13.4. The summed E-state index contributed by atoms with van der Waals surface area (Å²) in [5, 5.41) is 16.1. The van der Waals surface area contributed by atoms with E-state index in [0.717, 1.165) is 0 Å². The number of carbonyl (C=O) groups is 2. The molecule has 28 heavy (non-hydrogen) atoms. The Hall–Kier alpha value is -4.07. The highest BCUT2D eigenvalue weighted by atomic mass is 19.1. The highest BCUT2D eigenvalue weighted by Crippen LogP contribution is 2.18. The molecule has 0 aromatic heterocycles. The molecule has 0 aliphatic rings. The zero-order valence-electron chi connectivity index (χ0n) is 14.4. The summed E-state index contributed by atoms with van der Waals surface area (Å²) < 4.78 is 12.9. The maximum absolute atomic E-state index is 12.9. The van der Waals surface area contributed by atoms with Gasteiger partial charge < -0.3 is 10.6 Å². The third-order valence-electron chi connectivity index (χ3n) is 3.83. The fourth-order valence-electron chi connectivity index (χ4n) is 2.41. The molecule has 8 heteroatoms. The van der Waals surface area contributed by atoms with Gasteiger partial charge in [0.05, 0.1) is 4.92 Å². The molecule has 3 aromatic rings. The van der Waals surface area contributed by atoms with Crippen LogP contribution in [0.1, 0.15) is 20.7 Å². The summed E-state index contributed by atoms with van der Waals surface area (Å²) in [5.41, 5.74) is 1.23. The first kappa shape index (κ1) is 18.7. The standard InChI is InChI=1S/C20H14FN3O4/c21-15-6-4-13(5-7-15)19(25)22-16-8-10-17(11-9-16)23-20(26)14-2-1-3-18(12-14)24(27)28/h1-12H,(H,22,25)(H,23,26). The van der Waals surface area contributed by atoms with Crippen LogP contribution in [0.2, 0.25) is 0 Å². The minimum atomic E-state index is -0.574. The summed E-state index contributed by atoms with van der Waals surface area (Å²) in [6, 6.07) is 16.9. The van der Waals surface area contributed by atoms with Crippen LogP contribution in [0.15, 0.2) is 72.8 Å². The van der Waals surface area contributed by atoms with Crippen molar-refractivity contribution in [1.29, 1.82) is 0 Å². The first-order valence-electron chi connectivity index (χ1n) is 8.15. The van der Waals surface area contributed by atoms with E-state index in [1.54, 1.807) is 24.3 Å². The maximum atomic E-state index is 12.9. The van der Waals surface area contributed by atoms with Crippen LogP contribution in [0.4, 0.5) is 21.5 Å². The van der Waals surface area contributed by atoms with Crippen molar-refractivity contribution in [2.24, 2.45) is 0 Å². The van der Waals surface area contributed by atoms with Gasteiger partial charge in [0.2, 0.25) is 0 Å². The monoisotopic (exact) mass is 379 g/mol. The lowest BCUT2D eigenvalue weighted by atomic mass is 10.2. The first-order valence-corrected chi connectivity index (χ1v) is 8.15. The molecule has 0 heterocycles. The predicted molar refractivity (Wildman–Crippen MR) is 102 cm³/mol. The van der Waals surface area contributed by atoms with Gasteiger partial charge in [-0.2, -0.15) is 0 Å². The van der Waals surface area contributed by atoms with E-state index >= 15 is 0 Å². The van der Waals surface area contributed by atoms with Crippen LogP contribution in [0, 0.1) is 15.9 Å². The maximum Gasteiger partial charge on any atom is 0.270 e. The van der Waals surface area contributed by atoms with Crippen LogP contribution < -0.4 is 10.6 Å². The molecule has 0 spiro atoms. The Balaban J connectivity index is 1.65. The molecule has 0 fully saturated rings. The van der Waals surface area contributed by atoms with E-state index in [4.69, 9.17) is 0 Å². The van der Waals surface area contributed by atoms with Crippen molar-refractivity contribution in [2.75, 3.05) is 10.6 Å². The van der Waals surface area contributed by atoms with Crippen LogP contribution in [-0.2, 0) is 0 Å². The van der Waals surface area contributed by atoms with Crippen molar-refractivity contribution >= 4 is 28.9 Å². The molecule has 2 N–H and O–H groups in total. The summed E-state index contributed by atoms with van der Waals surface area (Å²) in [7, 11) is 0. The van der Waals surface area contributed by atoms with Gasteiger partial charge in [-0.25, -0.2) is 4.39 Å². The van der Waals surface area contributed by atoms with Gasteiger partial charge in [-0.05, 0) is 54.6 Å². The largest absolute Gasteiger partial charge is 0.322 e. The Labute approximate surface area is 159 Å². The number of nitrogens with zero attached hydrogens (tertiary/aromatic N) is 1. The minimum absolute atomic E-state index is 0.155. The number of nitro groups is 1. The van der Waals surface area contributed by atoms with Crippen molar-refractivity contribution < 1.29 is 18.9 Å². The zero-order valence-corrected chi connectivity index (χ0v) is 14.4. The molecule has 0 saturated carbocycles. The number of nitro benzene ring substituents is 1. The van der Waals surface area contributed by atoms with Gasteiger partial charge in [-0.15, -0.1) is 0 Å². The van der Waals surface area contributed by atoms with E-state index < -0.39 is 22.6 Å².